The number of aliphatic hydroxyl groups is 6. The van der Waals surface area contributed by atoms with Gasteiger partial charge in [-0.1, -0.05) is 70.1 Å². The minimum absolute atomic E-state index is 0.146. The lowest BCUT2D eigenvalue weighted by Gasteiger charge is -2.50. The second-order valence-electron chi connectivity index (χ2n) is 9.82. The van der Waals surface area contributed by atoms with Crippen LogP contribution in [0.25, 0.3) is 0 Å². The van der Waals surface area contributed by atoms with Crippen molar-refractivity contribution in [1.82, 2.24) is 14.9 Å². The van der Waals surface area contributed by atoms with E-state index < -0.39 is 106 Å². The number of phosphoric acid groups is 1. The van der Waals surface area contributed by atoms with Crippen LogP contribution in [0.4, 0.5) is 5.82 Å². The summed E-state index contributed by atoms with van der Waals surface area (Å²) in [5, 5.41) is 75.9. The van der Waals surface area contributed by atoms with Gasteiger partial charge in [-0.15, -0.1) is 0 Å². The molecule has 0 aliphatic carbocycles. The normalized spacial score (nSPS) is 29.3. The van der Waals surface area contributed by atoms with E-state index in [4.69, 9.17) is 15.2 Å². The number of nitrogens with one attached hydrogen (secondary N) is 1. The van der Waals surface area contributed by atoms with Crippen molar-refractivity contribution in [3.63, 3.8) is 0 Å². The zero-order valence-electron chi connectivity index (χ0n) is 29.4. The number of nitrogen functional groups attached to an aromatic ring is 1. The number of rotatable bonds is 15. The number of aliphatic carboxylic acids is 1. The zero-order valence-corrected chi connectivity index (χ0v) is 31.9. The van der Waals surface area contributed by atoms with Crippen molar-refractivity contribution in [3.8, 4) is 0 Å². The van der Waals surface area contributed by atoms with E-state index in [0.717, 1.165) is 21.6 Å². The molecule has 2 fully saturated rings. The average Bonchev–Trinajstić information content (AvgIpc) is 3.39. The van der Waals surface area contributed by atoms with Gasteiger partial charge < -0.3 is 70.5 Å². The molecule has 1 amide bonds. The summed E-state index contributed by atoms with van der Waals surface area (Å²) in [7, 11) is -3.36. The number of carbonyl (C=O) groups excluding carboxylic acids is 2. The molecule has 2 aliphatic rings. The Balaban J connectivity index is 0.00000395. The van der Waals surface area contributed by atoms with Gasteiger partial charge in [0.05, 0.1) is 31.1 Å². The van der Waals surface area contributed by atoms with Crippen molar-refractivity contribution in [2.45, 2.75) is 116 Å². The van der Waals surface area contributed by atoms with Gasteiger partial charge in [0.1, 0.15) is 48.4 Å². The van der Waals surface area contributed by atoms with Crippen LogP contribution >= 0.6 is 29.4 Å². The van der Waals surface area contributed by atoms with Gasteiger partial charge in [0.2, 0.25) is 11.7 Å². The van der Waals surface area contributed by atoms with Gasteiger partial charge in [0.15, 0.2) is 6.23 Å². The van der Waals surface area contributed by atoms with Gasteiger partial charge in [-0.25, -0.2) is 4.79 Å². The number of hydrogen-bond donors (Lipinski definition) is 8. The molecule has 23 heteroatoms. The molecule has 2 saturated heterocycles. The third kappa shape index (κ3) is 13.8. The fourth-order valence-electron chi connectivity index (χ4n) is 4.47. The molecule has 9 unspecified atom stereocenters. The summed E-state index contributed by atoms with van der Waals surface area (Å²) in [5.41, 5.74) is 4.45. The molecule has 1 aromatic rings. The molecule has 0 saturated carbocycles. The first kappa shape index (κ1) is 49.1. The lowest BCUT2D eigenvalue weighted by atomic mass is 9.88. The van der Waals surface area contributed by atoms with Crippen LogP contribution in [0.1, 0.15) is 61.1 Å². The van der Waals surface area contributed by atoms with Crippen molar-refractivity contribution < 1.29 is 73.3 Å². The smallest absolute Gasteiger partial charge is 0.351 e. The molecule has 298 valence electrons. The van der Waals surface area contributed by atoms with Crippen LogP contribution in [0, 0.1) is 0 Å². The van der Waals surface area contributed by atoms with Crippen molar-refractivity contribution in [1.29, 1.82) is 0 Å². The summed E-state index contributed by atoms with van der Waals surface area (Å²) in [4.78, 5) is 53.0. The predicted octanol–water partition coefficient (Wildman–Crippen LogP) is -2.78. The van der Waals surface area contributed by atoms with Crippen LogP contribution in [0.5, 0.6) is 0 Å². The Morgan fingerprint density at radius 1 is 1.18 bits per heavy atom. The van der Waals surface area contributed by atoms with Crippen LogP contribution in [0.15, 0.2) is 17.1 Å². The van der Waals surface area contributed by atoms with E-state index in [9.17, 15) is 59.6 Å². The number of carboxylic acid groups (broad SMARTS) is 1. The lowest BCUT2D eigenvalue weighted by Crippen LogP contribution is -2.69. The van der Waals surface area contributed by atoms with Gasteiger partial charge in [-0.3, -0.25) is 18.5 Å². The van der Waals surface area contributed by atoms with Crippen molar-refractivity contribution in [2.24, 2.45) is 0 Å². The van der Waals surface area contributed by atoms with Crippen LogP contribution in [0.2, 0.25) is 0 Å². The zero-order chi connectivity index (χ0) is 39.7. The number of phosphoric ester groups is 1. The molecule has 0 aromatic carbocycles. The van der Waals surface area contributed by atoms with Crippen LogP contribution < -0.4 is 26.7 Å². The number of ether oxygens (including phenoxy) is 2. The third-order valence-corrected chi connectivity index (χ3v) is 9.97. The summed E-state index contributed by atoms with van der Waals surface area (Å²) < 4.78 is 33.5. The van der Waals surface area contributed by atoms with Crippen molar-refractivity contribution >= 4 is 47.1 Å². The number of aromatic nitrogens is 2. The number of hydrogen-bond acceptors (Lipinski definition) is 20. The number of nitrogens with two attached hydrogens (primary N) is 1. The number of amides is 1. The highest BCUT2D eigenvalue weighted by molar-refractivity contribution is 8.76. The van der Waals surface area contributed by atoms with E-state index in [1.54, 1.807) is 0 Å². The largest absolute Gasteiger partial charge is 0.756 e. The number of carboxylic acids is 1. The van der Waals surface area contributed by atoms with Gasteiger partial charge in [0.25, 0.3) is 7.82 Å². The maximum atomic E-state index is 12.8. The highest BCUT2D eigenvalue weighted by Gasteiger charge is 2.54. The SMILES string of the molecule is CC.CC.CC.CCSSCC(=O)NC1C(O)CC(OP(=O)([O-])OCC2OC(n3ccc(N)nc3=O)C(O)C2O)(C(=O)[O-])OC1[C@H](O)[C@H](O)CO. The maximum absolute atomic E-state index is 12.8. The average molecular weight is 795 g/mol. The maximum Gasteiger partial charge on any atom is 0.351 e. The molecule has 3 heterocycles. The van der Waals surface area contributed by atoms with E-state index in [0.29, 0.717) is 5.75 Å². The molecule has 0 radical (unpaired) electrons. The number of nitrogens with zero attached hydrogens (tertiary/aromatic N) is 2. The number of anilines is 1. The fraction of sp³-hybridized carbons (Fsp3) is 0.786. The van der Waals surface area contributed by atoms with Crippen LogP contribution in [-0.4, -0.2) is 131 Å². The molecular formula is C28H51N4O16PS2-2. The second-order valence-corrected chi connectivity index (χ2v) is 13.9. The first-order valence-corrected chi connectivity index (χ1v) is 20.1. The molecule has 0 bridgehead atoms. The number of aliphatic hydroxyl groups excluding tert-OH is 6. The molecule has 20 nitrogen and oxygen atoms in total. The Bertz CT molecular complexity index is 1300. The predicted molar refractivity (Wildman–Crippen MR) is 182 cm³/mol. The summed E-state index contributed by atoms with van der Waals surface area (Å²) in [6.45, 7) is 11.7. The Morgan fingerprint density at radius 3 is 2.31 bits per heavy atom. The van der Waals surface area contributed by atoms with Crippen LogP contribution in [0.3, 0.4) is 0 Å². The van der Waals surface area contributed by atoms with E-state index >= 15 is 0 Å². The Hall–Kier alpha value is -1.89. The lowest BCUT2D eigenvalue weighted by molar-refractivity contribution is -0.377. The van der Waals surface area contributed by atoms with E-state index in [1.807, 2.05) is 48.5 Å². The van der Waals surface area contributed by atoms with Crippen molar-refractivity contribution in [3.05, 3.63) is 22.7 Å². The summed E-state index contributed by atoms with van der Waals surface area (Å²) >= 11 is 0. The molecule has 9 N–H and O–H groups in total. The van der Waals surface area contributed by atoms with Crippen LogP contribution in [-0.2, 0) is 32.7 Å². The van der Waals surface area contributed by atoms with E-state index in [1.165, 1.54) is 16.9 Å². The Labute approximate surface area is 303 Å². The standard InChI is InChI=1S/C22H35N4O16PS2.3C2H6/c1-2-44-45-8-13(30)25-14-9(28)5-22(20(34)35,41-18(14)15(31)10(29)6-27)42-43(37,38)39-7-11-16(32)17(33)19(40-11)26-4-3-12(23)24-21(26)36;3*1-2/h3-4,9-11,14-19,27-29,31-33H,2,5-8H2,1H3,(H,25,30)(H,34,35)(H,37,38)(H2,23,24,36);3*1-2H3/p-2/t9?,10-,11?,14?,15-,16?,17?,18?,19?,22?;;;/m1.../s1. The minimum Gasteiger partial charge on any atom is -0.756 e. The molecule has 51 heavy (non-hydrogen) atoms. The Morgan fingerprint density at radius 2 is 1.78 bits per heavy atom. The quantitative estimate of drug-likeness (QED) is 0.0506. The van der Waals surface area contributed by atoms with Gasteiger partial charge in [0, 0.05) is 18.4 Å². The molecule has 1 aromatic heterocycles. The monoisotopic (exact) mass is 794 g/mol. The first-order chi connectivity index (χ1) is 24.1. The topological polar surface area (TPSA) is 329 Å². The minimum atomic E-state index is -5.83. The number of carbonyl (C=O) groups is 2. The Kier molecular flexibility index (Phi) is 22.8. The van der Waals surface area contributed by atoms with E-state index in [2.05, 4.69) is 19.3 Å². The summed E-state index contributed by atoms with van der Waals surface area (Å²) in [6.07, 6.45) is -15.2. The highest BCUT2D eigenvalue weighted by Crippen LogP contribution is 2.48. The summed E-state index contributed by atoms with van der Waals surface area (Å²) in [5.74, 6) is -6.10. The highest BCUT2D eigenvalue weighted by atomic mass is 33.1. The van der Waals surface area contributed by atoms with Crippen molar-refractivity contribution in [2.75, 3.05) is 30.5 Å². The van der Waals surface area contributed by atoms with Gasteiger partial charge in [-0.05, 0) is 6.07 Å². The van der Waals surface area contributed by atoms with Gasteiger partial charge >= 0.3 is 5.69 Å². The second kappa shape index (κ2) is 23.7. The molecule has 11 atom stereocenters. The third-order valence-electron chi connectivity index (χ3n) is 6.64. The summed E-state index contributed by atoms with van der Waals surface area (Å²) in [6, 6.07) is -0.439. The van der Waals surface area contributed by atoms with E-state index in [-0.39, 0.29) is 11.6 Å². The molecule has 2 aliphatic heterocycles. The molecule has 3 rings (SSSR count). The molecular weight excluding hydrogens is 743 g/mol. The first-order valence-electron chi connectivity index (χ1n) is 16.2. The van der Waals surface area contributed by atoms with Gasteiger partial charge in [-0.2, -0.15) is 4.98 Å². The fourth-order valence-corrected chi connectivity index (χ4v) is 6.92. The molecule has 0 spiro atoms.